The zero-order chi connectivity index (χ0) is 18.1. The lowest BCUT2D eigenvalue weighted by atomic mass is 10.1. The summed E-state index contributed by atoms with van der Waals surface area (Å²) in [5.41, 5.74) is 3.31. The topological polar surface area (TPSA) is 133 Å². The minimum absolute atomic E-state index is 0.0499. The number of nitrogens with zero attached hydrogens (tertiary/aromatic N) is 1. The van der Waals surface area contributed by atoms with Gasteiger partial charge < -0.3 is 15.4 Å². The molecule has 0 bridgehead atoms. The van der Waals surface area contributed by atoms with E-state index in [0.717, 1.165) is 5.56 Å². The van der Waals surface area contributed by atoms with Gasteiger partial charge in [-0.1, -0.05) is 42.5 Å². The molecule has 2 aromatic rings. The Labute approximate surface area is 138 Å². The number of aliphatic hydroxyl groups is 1. The summed E-state index contributed by atoms with van der Waals surface area (Å²) in [7, 11) is 0. The van der Waals surface area contributed by atoms with Crippen molar-refractivity contribution in [1.82, 2.24) is 5.48 Å². The van der Waals surface area contributed by atoms with E-state index in [-0.39, 0.29) is 11.7 Å². The average molecular weight is 334 g/mol. The van der Waals surface area contributed by atoms with Gasteiger partial charge in [-0.05, 0) is 18.1 Å². The molecule has 24 heavy (non-hydrogen) atoms. The highest BCUT2D eigenvalue weighted by atomic mass is 16.6. The monoisotopic (exact) mass is 334 g/mol. The van der Waals surface area contributed by atoms with Gasteiger partial charge in [0, 0.05) is 12.1 Å². The minimum Gasteiger partial charge on any atom is -0.479 e. The second-order valence-corrected chi connectivity index (χ2v) is 4.85. The molecule has 8 nitrogen and oxygen atoms in total. The van der Waals surface area contributed by atoms with Gasteiger partial charge in [-0.3, -0.25) is 10.1 Å². The summed E-state index contributed by atoms with van der Waals surface area (Å²) in [6.07, 6.45) is -1.41. The molecule has 8 heteroatoms. The summed E-state index contributed by atoms with van der Waals surface area (Å²) in [6, 6.07) is 14.1. The first kappa shape index (κ1) is 19.2. The van der Waals surface area contributed by atoms with E-state index >= 15 is 0 Å². The van der Waals surface area contributed by atoms with Gasteiger partial charge in [0.05, 0.1) is 11.0 Å². The molecular formula is C16H18N2O6. The molecule has 0 spiro atoms. The Morgan fingerprint density at radius 1 is 1.08 bits per heavy atom. The van der Waals surface area contributed by atoms with E-state index < -0.39 is 17.0 Å². The number of hydrogen-bond acceptors (Lipinski definition) is 6. The van der Waals surface area contributed by atoms with Gasteiger partial charge >= 0.3 is 5.97 Å². The van der Waals surface area contributed by atoms with Crippen LogP contribution in [0.5, 0.6) is 0 Å². The zero-order valence-corrected chi connectivity index (χ0v) is 12.9. The predicted molar refractivity (Wildman–Crippen MR) is 85.5 cm³/mol. The number of rotatable bonds is 5. The quantitative estimate of drug-likeness (QED) is 0.487. The van der Waals surface area contributed by atoms with Crippen molar-refractivity contribution in [3.8, 4) is 0 Å². The third kappa shape index (κ3) is 5.76. The fourth-order valence-electron chi connectivity index (χ4n) is 1.74. The fraction of sp³-hybridized carbons (Fsp3) is 0.188. The van der Waals surface area contributed by atoms with Crippen LogP contribution in [0.15, 0.2) is 54.6 Å². The minimum atomic E-state index is -1.41. The number of aliphatic carboxylic acids is 1. The highest BCUT2D eigenvalue weighted by Crippen LogP contribution is 2.16. The Hall–Kier alpha value is -2.81. The second-order valence-electron chi connectivity index (χ2n) is 4.85. The van der Waals surface area contributed by atoms with Crippen molar-refractivity contribution >= 4 is 11.7 Å². The number of non-ortho nitro benzene ring substituents is 1. The van der Waals surface area contributed by atoms with Gasteiger partial charge in [-0.25, -0.2) is 4.79 Å². The lowest BCUT2D eigenvalue weighted by Crippen LogP contribution is -2.12. The number of benzene rings is 2. The van der Waals surface area contributed by atoms with Crippen LogP contribution < -0.4 is 5.48 Å². The van der Waals surface area contributed by atoms with E-state index in [0.29, 0.717) is 5.56 Å². The van der Waals surface area contributed by atoms with Gasteiger partial charge in [0.25, 0.3) is 5.69 Å². The molecule has 2 atom stereocenters. The molecule has 2 rings (SSSR count). The molecule has 0 unspecified atom stereocenters. The highest BCUT2D eigenvalue weighted by Gasteiger charge is 2.14. The Bertz CT molecular complexity index is 660. The second kappa shape index (κ2) is 9.36. The van der Waals surface area contributed by atoms with Gasteiger partial charge in [0.2, 0.25) is 0 Å². The predicted octanol–water partition coefficient (Wildman–Crippen LogP) is 2.44. The maximum Gasteiger partial charge on any atom is 0.337 e. The van der Waals surface area contributed by atoms with Crippen molar-refractivity contribution in [2.24, 2.45) is 0 Å². The van der Waals surface area contributed by atoms with Crippen molar-refractivity contribution in [2.45, 2.75) is 19.1 Å². The number of carbonyl (C=O) groups is 1. The molecular weight excluding hydrogens is 316 g/mol. The molecule has 0 fully saturated rings. The van der Waals surface area contributed by atoms with Crippen molar-refractivity contribution in [3.63, 3.8) is 0 Å². The van der Waals surface area contributed by atoms with Crippen LogP contribution in [0.1, 0.15) is 30.2 Å². The lowest BCUT2D eigenvalue weighted by Gasteiger charge is -2.07. The van der Waals surface area contributed by atoms with Crippen LogP contribution >= 0.6 is 0 Å². The lowest BCUT2D eigenvalue weighted by molar-refractivity contribution is -0.384. The van der Waals surface area contributed by atoms with Crippen molar-refractivity contribution in [2.75, 3.05) is 0 Å². The summed E-state index contributed by atoms with van der Waals surface area (Å²) in [6.45, 7) is 1.75. The molecule has 4 N–H and O–H groups in total. The summed E-state index contributed by atoms with van der Waals surface area (Å²) in [5, 5.41) is 36.3. The van der Waals surface area contributed by atoms with E-state index in [2.05, 4.69) is 5.48 Å². The Kier molecular flexibility index (Phi) is 7.50. The molecule has 0 aliphatic rings. The summed E-state index contributed by atoms with van der Waals surface area (Å²) >= 11 is 0. The first-order valence-electron chi connectivity index (χ1n) is 6.96. The summed E-state index contributed by atoms with van der Waals surface area (Å²) in [4.78, 5) is 20.1. The molecule has 0 aromatic heterocycles. The van der Waals surface area contributed by atoms with Crippen molar-refractivity contribution < 1.29 is 25.1 Å². The number of nitro benzene ring substituents is 1. The number of carboxylic acid groups (broad SMARTS) is 1. The van der Waals surface area contributed by atoms with Gasteiger partial charge in [0.1, 0.15) is 0 Å². The molecule has 128 valence electrons. The maximum atomic E-state index is 10.3. The SMILES string of the molecule is C[C@@H](NO)c1ccc([N+](=O)[O-])cc1.O=C(O)[C@H](O)c1ccccc1. The summed E-state index contributed by atoms with van der Waals surface area (Å²) < 4.78 is 0. The van der Waals surface area contributed by atoms with Gasteiger partial charge in [-0.15, -0.1) is 0 Å². The van der Waals surface area contributed by atoms with Crippen molar-refractivity contribution in [1.29, 1.82) is 0 Å². The van der Waals surface area contributed by atoms with Crippen LogP contribution in [-0.4, -0.2) is 26.3 Å². The van der Waals surface area contributed by atoms with Crippen molar-refractivity contribution in [3.05, 3.63) is 75.8 Å². The normalized spacial score (nSPS) is 12.5. The Morgan fingerprint density at radius 3 is 2.04 bits per heavy atom. The average Bonchev–Trinajstić information content (AvgIpc) is 2.61. The van der Waals surface area contributed by atoms with E-state index in [9.17, 15) is 14.9 Å². The molecule has 0 saturated heterocycles. The largest absolute Gasteiger partial charge is 0.479 e. The van der Waals surface area contributed by atoms with Crippen LogP contribution in [-0.2, 0) is 4.79 Å². The fourth-order valence-corrected chi connectivity index (χ4v) is 1.74. The van der Waals surface area contributed by atoms with E-state index in [1.54, 1.807) is 49.4 Å². The van der Waals surface area contributed by atoms with Gasteiger partial charge in [0.15, 0.2) is 6.10 Å². The molecule has 2 aromatic carbocycles. The number of nitro groups is 1. The first-order chi connectivity index (χ1) is 11.4. The number of carboxylic acids is 1. The molecule has 0 radical (unpaired) electrons. The number of nitrogens with one attached hydrogen (secondary N) is 1. The first-order valence-corrected chi connectivity index (χ1v) is 6.96. The zero-order valence-electron chi connectivity index (χ0n) is 12.9. The van der Waals surface area contributed by atoms with E-state index in [4.69, 9.17) is 15.4 Å². The van der Waals surface area contributed by atoms with Gasteiger partial charge in [-0.2, -0.15) is 5.48 Å². The highest BCUT2D eigenvalue weighted by molar-refractivity contribution is 5.73. The Morgan fingerprint density at radius 2 is 1.62 bits per heavy atom. The molecule has 0 amide bonds. The van der Waals surface area contributed by atoms with Crippen LogP contribution in [0.25, 0.3) is 0 Å². The van der Waals surface area contributed by atoms with E-state index in [1.807, 2.05) is 0 Å². The number of hydroxylamine groups is 1. The van der Waals surface area contributed by atoms with E-state index in [1.165, 1.54) is 12.1 Å². The summed E-state index contributed by atoms with van der Waals surface area (Å²) in [5.74, 6) is -1.23. The maximum absolute atomic E-state index is 10.3. The molecule has 0 aliphatic carbocycles. The molecule has 0 saturated carbocycles. The van der Waals surface area contributed by atoms with Crippen LogP contribution in [0.2, 0.25) is 0 Å². The Balaban J connectivity index is 0.000000243. The smallest absolute Gasteiger partial charge is 0.337 e. The number of aliphatic hydroxyl groups excluding tert-OH is 1. The standard InChI is InChI=1S/C8H10N2O3.C8H8O3/c1-6(9-11)7-2-4-8(5-3-7)10(12)13;9-7(8(10)11)6-4-2-1-3-5-6/h2-6,9,11H,1H3;1-5,7,9H,(H,10,11)/t6-;7-/m11/s1. The molecule has 0 aliphatic heterocycles. The third-order valence-electron chi connectivity index (χ3n) is 3.15. The van der Waals surface area contributed by atoms with Crippen LogP contribution in [0, 0.1) is 10.1 Å². The molecule has 0 heterocycles. The number of hydrogen-bond donors (Lipinski definition) is 4. The van der Waals surface area contributed by atoms with Crippen LogP contribution in [0.3, 0.4) is 0 Å². The third-order valence-corrected chi connectivity index (χ3v) is 3.15. The van der Waals surface area contributed by atoms with Crippen LogP contribution in [0.4, 0.5) is 5.69 Å².